The smallest absolute Gasteiger partial charge is 0.247 e. The molecule has 22 heavy (non-hydrogen) atoms. The largest absolute Gasteiger partial charge is 0.419 e. The Balaban J connectivity index is 1.68. The predicted octanol–water partition coefficient (Wildman–Crippen LogP) is 2.01. The van der Waals surface area contributed by atoms with Crippen molar-refractivity contribution in [3.8, 4) is 11.5 Å². The zero-order valence-electron chi connectivity index (χ0n) is 12.1. The van der Waals surface area contributed by atoms with Crippen molar-refractivity contribution in [2.24, 2.45) is 0 Å². The fourth-order valence-corrected chi connectivity index (χ4v) is 4.42. The van der Waals surface area contributed by atoms with Crippen molar-refractivity contribution in [3.05, 3.63) is 35.2 Å². The van der Waals surface area contributed by atoms with Crippen LogP contribution in [-0.2, 0) is 16.4 Å². The van der Waals surface area contributed by atoms with E-state index in [-0.39, 0.29) is 17.5 Å². The molecule has 0 saturated carbocycles. The Bertz CT molecular complexity index is 758. The van der Waals surface area contributed by atoms with Gasteiger partial charge in [0.1, 0.15) is 0 Å². The zero-order valence-corrected chi connectivity index (χ0v) is 13.6. The van der Waals surface area contributed by atoms with Gasteiger partial charge in [0.05, 0.1) is 18.1 Å². The second-order valence-corrected chi connectivity index (χ2v) is 8.14. The van der Waals surface area contributed by atoms with Crippen LogP contribution in [0.3, 0.4) is 0 Å². The molecule has 1 fully saturated rings. The van der Waals surface area contributed by atoms with E-state index in [2.05, 4.69) is 10.2 Å². The highest BCUT2D eigenvalue weighted by Crippen LogP contribution is 2.22. The molecule has 0 radical (unpaired) electrons. The summed E-state index contributed by atoms with van der Waals surface area (Å²) in [6.45, 7) is 0.431. The third-order valence-corrected chi connectivity index (χ3v) is 5.78. The molecule has 118 valence electrons. The van der Waals surface area contributed by atoms with E-state index in [0.29, 0.717) is 29.8 Å². The predicted molar refractivity (Wildman–Crippen MR) is 83.3 cm³/mol. The average molecular weight is 342 g/mol. The normalized spacial score (nSPS) is 20.6. The summed E-state index contributed by atoms with van der Waals surface area (Å²) in [5.41, 5.74) is 0.800. The topological polar surface area (TPSA) is 76.3 Å². The first-order valence-corrected chi connectivity index (χ1v) is 9.12. The van der Waals surface area contributed by atoms with Crippen LogP contribution in [0, 0.1) is 0 Å². The minimum Gasteiger partial charge on any atom is -0.419 e. The Morgan fingerprint density at radius 2 is 2.05 bits per heavy atom. The molecule has 1 unspecified atom stereocenters. The van der Waals surface area contributed by atoms with Crippen molar-refractivity contribution in [3.63, 3.8) is 0 Å². The van der Waals surface area contributed by atoms with Gasteiger partial charge in [-0.3, -0.25) is 4.90 Å². The molecule has 8 heteroatoms. The van der Waals surface area contributed by atoms with Crippen LogP contribution >= 0.6 is 11.6 Å². The maximum absolute atomic E-state index is 11.5. The Labute approximate surface area is 134 Å². The molecule has 1 aromatic heterocycles. The summed E-state index contributed by atoms with van der Waals surface area (Å²) < 4.78 is 28.7. The van der Waals surface area contributed by atoms with Crippen molar-refractivity contribution in [1.82, 2.24) is 15.1 Å². The molecule has 1 aliphatic rings. The number of sulfone groups is 1. The van der Waals surface area contributed by atoms with Crippen molar-refractivity contribution < 1.29 is 12.8 Å². The van der Waals surface area contributed by atoms with E-state index in [0.717, 1.165) is 5.56 Å². The highest BCUT2D eigenvalue weighted by Gasteiger charge is 2.31. The van der Waals surface area contributed by atoms with Crippen LogP contribution in [0.25, 0.3) is 11.5 Å². The number of halogens is 1. The van der Waals surface area contributed by atoms with Crippen molar-refractivity contribution in [2.75, 3.05) is 18.6 Å². The maximum atomic E-state index is 11.5. The molecule has 2 heterocycles. The second-order valence-electron chi connectivity index (χ2n) is 5.48. The number of aromatic nitrogens is 2. The van der Waals surface area contributed by atoms with Crippen LogP contribution in [0.2, 0.25) is 5.02 Å². The molecule has 6 nitrogen and oxygen atoms in total. The minimum absolute atomic E-state index is 0.0101. The van der Waals surface area contributed by atoms with Gasteiger partial charge in [-0.15, -0.1) is 10.2 Å². The van der Waals surface area contributed by atoms with Crippen LogP contribution < -0.4 is 0 Å². The van der Waals surface area contributed by atoms with E-state index in [1.807, 2.05) is 24.1 Å². The maximum Gasteiger partial charge on any atom is 0.247 e. The summed E-state index contributed by atoms with van der Waals surface area (Å²) in [6, 6.07) is 7.16. The molecule has 0 aliphatic carbocycles. The standard InChI is InChI=1S/C14H16ClN3O3S/c1-18(12-6-7-22(19,20)9-12)8-13-16-17-14(21-13)10-2-4-11(15)5-3-10/h2-5,12H,6-9H2,1H3. The first-order valence-electron chi connectivity index (χ1n) is 6.92. The van der Waals surface area contributed by atoms with Gasteiger partial charge in [0.15, 0.2) is 9.84 Å². The summed E-state index contributed by atoms with van der Waals surface area (Å²) in [4.78, 5) is 1.95. The minimum atomic E-state index is -2.90. The van der Waals surface area contributed by atoms with Crippen LogP contribution in [0.5, 0.6) is 0 Å². The third kappa shape index (κ3) is 3.48. The number of hydrogen-bond donors (Lipinski definition) is 0. The molecule has 1 saturated heterocycles. The molecule has 0 amide bonds. The molecule has 0 spiro atoms. The van der Waals surface area contributed by atoms with Crippen molar-refractivity contribution >= 4 is 21.4 Å². The van der Waals surface area contributed by atoms with E-state index < -0.39 is 9.84 Å². The van der Waals surface area contributed by atoms with Gasteiger partial charge in [-0.2, -0.15) is 0 Å². The summed E-state index contributed by atoms with van der Waals surface area (Å²) in [7, 11) is -1.02. The molecule has 3 rings (SSSR count). The third-order valence-electron chi connectivity index (χ3n) is 3.77. The van der Waals surface area contributed by atoms with Gasteiger partial charge in [-0.05, 0) is 37.7 Å². The van der Waals surface area contributed by atoms with E-state index in [1.165, 1.54) is 0 Å². The van der Waals surface area contributed by atoms with Crippen molar-refractivity contribution in [1.29, 1.82) is 0 Å². The van der Waals surface area contributed by atoms with Crippen LogP contribution in [0.1, 0.15) is 12.3 Å². The molecule has 1 atom stereocenters. The van der Waals surface area contributed by atoms with E-state index >= 15 is 0 Å². The lowest BCUT2D eigenvalue weighted by molar-refractivity contribution is 0.230. The SMILES string of the molecule is CN(Cc1nnc(-c2ccc(Cl)cc2)o1)C1CCS(=O)(=O)C1. The van der Waals surface area contributed by atoms with Gasteiger partial charge >= 0.3 is 0 Å². The van der Waals surface area contributed by atoms with Gasteiger partial charge in [-0.1, -0.05) is 11.6 Å². The Morgan fingerprint density at radius 1 is 1.32 bits per heavy atom. The highest BCUT2D eigenvalue weighted by molar-refractivity contribution is 7.91. The van der Waals surface area contributed by atoms with Crippen molar-refractivity contribution in [2.45, 2.75) is 19.0 Å². The Morgan fingerprint density at radius 3 is 2.68 bits per heavy atom. The highest BCUT2D eigenvalue weighted by atomic mass is 35.5. The molecular formula is C14H16ClN3O3S. The molecular weight excluding hydrogens is 326 g/mol. The molecule has 2 aromatic rings. The zero-order chi connectivity index (χ0) is 15.7. The number of rotatable bonds is 4. The van der Waals surface area contributed by atoms with Gasteiger partial charge < -0.3 is 4.42 Å². The first-order chi connectivity index (χ1) is 10.4. The summed E-state index contributed by atoms with van der Waals surface area (Å²) >= 11 is 5.85. The molecule has 0 N–H and O–H groups in total. The number of nitrogens with zero attached hydrogens (tertiary/aromatic N) is 3. The van der Waals surface area contributed by atoms with E-state index in [1.54, 1.807) is 12.1 Å². The molecule has 1 aliphatic heterocycles. The van der Waals surface area contributed by atoms with Crippen LogP contribution in [-0.4, -0.2) is 48.1 Å². The van der Waals surface area contributed by atoms with E-state index in [9.17, 15) is 8.42 Å². The summed E-state index contributed by atoms with van der Waals surface area (Å²) in [6.07, 6.45) is 0.650. The second kappa shape index (κ2) is 5.98. The van der Waals surface area contributed by atoms with Gasteiger partial charge in [0.2, 0.25) is 11.8 Å². The Kier molecular flexibility index (Phi) is 4.20. The van der Waals surface area contributed by atoms with Gasteiger partial charge in [0, 0.05) is 16.6 Å². The lowest BCUT2D eigenvalue weighted by Gasteiger charge is -2.20. The van der Waals surface area contributed by atoms with E-state index in [4.69, 9.17) is 16.0 Å². The lowest BCUT2D eigenvalue weighted by atomic mass is 10.2. The Hall–Kier alpha value is -1.44. The van der Waals surface area contributed by atoms with Crippen LogP contribution in [0.15, 0.2) is 28.7 Å². The summed E-state index contributed by atoms with van der Waals surface area (Å²) in [5, 5.41) is 8.69. The summed E-state index contributed by atoms with van der Waals surface area (Å²) in [5.74, 6) is 1.35. The molecule has 0 bridgehead atoms. The lowest BCUT2D eigenvalue weighted by Crippen LogP contribution is -2.32. The number of benzene rings is 1. The average Bonchev–Trinajstić information content (AvgIpc) is 3.06. The van der Waals surface area contributed by atoms with Gasteiger partial charge in [0.25, 0.3) is 0 Å². The van der Waals surface area contributed by atoms with Crippen LogP contribution in [0.4, 0.5) is 0 Å². The first kappa shape index (κ1) is 15.5. The monoisotopic (exact) mass is 341 g/mol. The van der Waals surface area contributed by atoms with Gasteiger partial charge in [-0.25, -0.2) is 8.42 Å². The fraction of sp³-hybridized carbons (Fsp3) is 0.429. The fourth-order valence-electron chi connectivity index (χ4n) is 2.49. The quantitative estimate of drug-likeness (QED) is 0.846. The number of hydrogen-bond acceptors (Lipinski definition) is 6. The molecule has 1 aromatic carbocycles.